The minimum absolute atomic E-state index is 0.171. The highest BCUT2D eigenvalue weighted by Crippen LogP contribution is 2.21. The highest BCUT2D eigenvalue weighted by atomic mass is 16.6. The molecule has 5 nitrogen and oxygen atoms in total. The third-order valence-electron chi connectivity index (χ3n) is 4.60. The molecule has 1 amide bonds. The van der Waals surface area contributed by atoms with E-state index in [-0.39, 0.29) is 12.1 Å². The molecule has 0 aromatic rings. The normalized spacial score (nSPS) is 30.2. The molecule has 0 bridgehead atoms. The van der Waals surface area contributed by atoms with Crippen LogP contribution in [0.25, 0.3) is 0 Å². The van der Waals surface area contributed by atoms with E-state index in [1.165, 1.54) is 19.4 Å². The highest BCUT2D eigenvalue weighted by Gasteiger charge is 2.31. The van der Waals surface area contributed by atoms with E-state index < -0.39 is 5.60 Å². The van der Waals surface area contributed by atoms with Gasteiger partial charge in [-0.05, 0) is 78.9 Å². The van der Waals surface area contributed by atoms with Crippen LogP contribution in [-0.4, -0.2) is 54.9 Å². The van der Waals surface area contributed by atoms with Gasteiger partial charge in [-0.15, -0.1) is 0 Å². The van der Waals surface area contributed by atoms with Crippen LogP contribution < -0.4 is 10.6 Å². The zero-order valence-corrected chi connectivity index (χ0v) is 14.7. The summed E-state index contributed by atoms with van der Waals surface area (Å²) in [7, 11) is 0. The number of amides is 1. The van der Waals surface area contributed by atoms with Crippen molar-refractivity contribution in [3.8, 4) is 0 Å². The number of hydrogen-bond donors (Lipinski definition) is 2. The van der Waals surface area contributed by atoms with Gasteiger partial charge in [0.2, 0.25) is 0 Å². The number of ether oxygens (including phenoxy) is 1. The first-order chi connectivity index (χ1) is 10.3. The van der Waals surface area contributed by atoms with Gasteiger partial charge in [-0.25, -0.2) is 4.79 Å². The molecule has 22 heavy (non-hydrogen) atoms. The van der Waals surface area contributed by atoms with Crippen LogP contribution in [0.2, 0.25) is 0 Å². The average Bonchev–Trinajstić information content (AvgIpc) is 2.44. The van der Waals surface area contributed by atoms with Crippen LogP contribution in [0.5, 0.6) is 0 Å². The van der Waals surface area contributed by atoms with Crippen molar-refractivity contribution in [3.05, 3.63) is 0 Å². The number of nitrogens with zero attached hydrogens (tertiary/aromatic N) is 1. The Morgan fingerprint density at radius 2 is 2.14 bits per heavy atom. The van der Waals surface area contributed by atoms with Crippen molar-refractivity contribution in [2.24, 2.45) is 5.92 Å². The van der Waals surface area contributed by atoms with Crippen molar-refractivity contribution in [2.45, 2.75) is 71.1 Å². The number of rotatable bonds is 3. The van der Waals surface area contributed by atoms with Gasteiger partial charge in [-0.2, -0.15) is 0 Å². The molecule has 3 atom stereocenters. The SMILES string of the molecule is CC1CC(NCC2CCCNC2)CCN1C(=O)OC(C)(C)C. The second-order valence-electron chi connectivity index (χ2n) is 7.86. The zero-order valence-electron chi connectivity index (χ0n) is 14.7. The van der Waals surface area contributed by atoms with Crippen LogP contribution in [0.4, 0.5) is 4.79 Å². The molecule has 2 rings (SSSR count). The predicted molar refractivity (Wildman–Crippen MR) is 89.0 cm³/mol. The van der Waals surface area contributed by atoms with Crippen molar-refractivity contribution < 1.29 is 9.53 Å². The largest absolute Gasteiger partial charge is 0.444 e. The summed E-state index contributed by atoms with van der Waals surface area (Å²) in [5.74, 6) is 0.757. The summed E-state index contributed by atoms with van der Waals surface area (Å²) >= 11 is 0. The molecule has 2 aliphatic heterocycles. The van der Waals surface area contributed by atoms with E-state index >= 15 is 0 Å². The summed E-state index contributed by atoms with van der Waals surface area (Å²) in [5, 5.41) is 7.18. The number of carbonyl (C=O) groups excluding carboxylic acids is 1. The van der Waals surface area contributed by atoms with Gasteiger partial charge in [0.1, 0.15) is 5.60 Å². The molecule has 2 saturated heterocycles. The van der Waals surface area contributed by atoms with E-state index in [0.717, 1.165) is 38.4 Å². The van der Waals surface area contributed by atoms with Crippen LogP contribution in [0.1, 0.15) is 53.4 Å². The molecule has 128 valence electrons. The Labute approximate surface area is 135 Å². The molecule has 3 unspecified atom stereocenters. The molecule has 0 radical (unpaired) electrons. The van der Waals surface area contributed by atoms with E-state index in [9.17, 15) is 4.79 Å². The molecule has 0 saturated carbocycles. The maximum atomic E-state index is 12.2. The Balaban J connectivity index is 1.73. The molecular weight excluding hydrogens is 278 g/mol. The van der Waals surface area contributed by atoms with E-state index in [0.29, 0.717) is 6.04 Å². The molecule has 5 heteroatoms. The lowest BCUT2D eigenvalue weighted by molar-refractivity contribution is 0.00923. The lowest BCUT2D eigenvalue weighted by atomic mass is 9.96. The molecule has 2 fully saturated rings. The first-order valence-corrected chi connectivity index (χ1v) is 8.79. The van der Waals surface area contributed by atoms with Crippen molar-refractivity contribution in [1.82, 2.24) is 15.5 Å². The fourth-order valence-electron chi connectivity index (χ4n) is 3.38. The first kappa shape index (κ1) is 17.5. The maximum Gasteiger partial charge on any atom is 0.410 e. The van der Waals surface area contributed by atoms with Crippen molar-refractivity contribution >= 4 is 6.09 Å². The van der Waals surface area contributed by atoms with E-state index in [1.807, 2.05) is 25.7 Å². The first-order valence-electron chi connectivity index (χ1n) is 8.79. The van der Waals surface area contributed by atoms with E-state index in [4.69, 9.17) is 4.74 Å². The fourth-order valence-corrected chi connectivity index (χ4v) is 3.38. The smallest absolute Gasteiger partial charge is 0.410 e. The average molecular weight is 311 g/mol. The summed E-state index contributed by atoms with van der Waals surface area (Å²) < 4.78 is 5.50. The highest BCUT2D eigenvalue weighted by molar-refractivity contribution is 5.68. The number of carbonyl (C=O) groups is 1. The van der Waals surface area contributed by atoms with Gasteiger partial charge in [0.05, 0.1) is 0 Å². The summed E-state index contributed by atoms with van der Waals surface area (Å²) in [6.07, 6.45) is 4.48. The van der Waals surface area contributed by atoms with Crippen molar-refractivity contribution in [2.75, 3.05) is 26.2 Å². The molecule has 2 N–H and O–H groups in total. The van der Waals surface area contributed by atoms with Crippen molar-refractivity contribution in [1.29, 1.82) is 0 Å². The second kappa shape index (κ2) is 7.64. The second-order valence-corrected chi connectivity index (χ2v) is 7.86. The summed E-state index contributed by atoms with van der Waals surface area (Å²) in [4.78, 5) is 14.1. The molecule has 0 aromatic heterocycles. The molecule has 2 aliphatic rings. The van der Waals surface area contributed by atoms with Crippen LogP contribution in [0.15, 0.2) is 0 Å². The topological polar surface area (TPSA) is 53.6 Å². The third kappa shape index (κ3) is 5.43. The molecular formula is C17H33N3O2. The van der Waals surface area contributed by atoms with E-state index in [2.05, 4.69) is 17.6 Å². The summed E-state index contributed by atoms with van der Waals surface area (Å²) in [6, 6.07) is 0.765. The zero-order chi connectivity index (χ0) is 16.2. The van der Waals surface area contributed by atoms with Gasteiger partial charge < -0.3 is 20.3 Å². The Kier molecular flexibility index (Phi) is 6.09. The van der Waals surface area contributed by atoms with Gasteiger partial charge in [0, 0.05) is 18.6 Å². The Morgan fingerprint density at radius 1 is 1.36 bits per heavy atom. The Morgan fingerprint density at radius 3 is 2.73 bits per heavy atom. The molecule has 2 heterocycles. The van der Waals surface area contributed by atoms with Gasteiger partial charge in [0.25, 0.3) is 0 Å². The van der Waals surface area contributed by atoms with Gasteiger partial charge in [-0.1, -0.05) is 0 Å². The maximum absolute atomic E-state index is 12.2. The molecule has 0 aliphatic carbocycles. The monoisotopic (exact) mass is 311 g/mol. The molecule has 0 spiro atoms. The van der Waals surface area contributed by atoms with Crippen LogP contribution in [0.3, 0.4) is 0 Å². The Hall–Kier alpha value is -0.810. The number of likely N-dealkylation sites (tertiary alicyclic amines) is 1. The Bertz CT molecular complexity index is 361. The van der Waals surface area contributed by atoms with Gasteiger partial charge >= 0.3 is 6.09 Å². The van der Waals surface area contributed by atoms with Crippen LogP contribution >= 0.6 is 0 Å². The van der Waals surface area contributed by atoms with Crippen LogP contribution in [0, 0.1) is 5.92 Å². The van der Waals surface area contributed by atoms with Crippen molar-refractivity contribution in [3.63, 3.8) is 0 Å². The lowest BCUT2D eigenvalue weighted by Gasteiger charge is -2.39. The van der Waals surface area contributed by atoms with E-state index in [1.54, 1.807) is 0 Å². The predicted octanol–water partition coefficient (Wildman–Crippen LogP) is 2.36. The standard InChI is InChI=1S/C17H33N3O2/c1-13-10-15(19-12-14-6-5-8-18-11-14)7-9-20(13)16(21)22-17(2,3)4/h13-15,18-19H,5-12H2,1-4H3. The quantitative estimate of drug-likeness (QED) is 0.840. The summed E-state index contributed by atoms with van der Waals surface area (Å²) in [5.41, 5.74) is -0.417. The minimum Gasteiger partial charge on any atom is -0.444 e. The fraction of sp³-hybridized carbons (Fsp3) is 0.941. The van der Waals surface area contributed by atoms with Gasteiger partial charge in [-0.3, -0.25) is 0 Å². The van der Waals surface area contributed by atoms with Crippen LogP contribution in [-0.2, 0) is 4.74 Å². The third-order valence-corrected chi connectivity index (χ3v) is 4.60. The lowest BCUT2D eigenvalue weighted by Crippen LogP contribution is -2.52. The number of hydrogen-bond acceptors (Lipinski definition) is 4. The summed E-state index contributed by atoms with van der Waals surface area (Å²) in [6.45, 7) is 12.1. The number of piperidine rings is 2. The number of nitrogens with one attached hydrogen (secondary N) is 2. The minimum atomic E-state index is -0.417. The molecule has 0 aromatic carbocycles. The van der Waals surface area contributed by atoms with Gasteiger partial charge in [0.15, 0.2) is 0 Å².